The molecular formula is C59H38N2O2. The number of benzene rings is 10. The summed E-state index contributed by atoms with van der Waals surface area (Å²) in [6.07, 6.45) is 0. The van der Waals surface area contributed by atoms with E-state index in [4.69, 9.17) is 13.8 Å². The highest BCUT2D eigenvalue weighted by atomic mass is 16.4. The molecule has 12 rings (SSSR count). The molecule has 0 aliphatic heterocycles. The van der Waals surface area contributed by atoms with Crippen LogP contribution in [0.2, 0.25) is 0 Å². The van der Waals surface area contributed by atoms with Crippen molar-refractivity contribution in [3.8, 4) is 56.0 Å². The largest absolute Gasteiger partial charge is 0.456 e. The second-order valence-corrected chi connectivity index (χ2v) is 15.9. The van der Waals surface area contributed by atoms with Crippen LogP contribution in [-0.4, -0.2) is 4.98 Å². The van der Waals surface area contributed by atoms with Crippen LogP contribution in [0, 0.1) is 0 Å². The topological polar surface area (TPSA) is 42.4 Å². The SMILES string of the molecule is c1ccc(-c2cccc(N(c3ccc(-c4ccc5c(c4)oc4cc6nc(-c7ccccc7)oc6cc45)cc3)c3ccc(-c4cccc5ccccc45)c(-c4ccccc4)c3)c2)cc1. The summed E-state index contributed by atoms with van der Waals surface area (Å²) in [5, 5.41) is 4.50. The van der Waals surface area contributed by atoms with Crippen LogP contribution in [0.15, 0.2) is 239 Å². The van der Waals surface area contributed by atoms with E-state index in [0.717, 1.165) is 72.4 Å². The maximum atomic E-state index is 6.49. The minimum absolute atomic E-state index is 0.602. The van der Waals surface area contributed by atoms with Gasteiger partial charge in [-0.05, 0) is 122 Å². The molecule has 4 nitrogen and oxygen atoms in total. The molecule has 2 aromatic heterocycles. The van der Waals surface area contributed by atoms with Gasteiger partial charge in [-0.15, -0.1) is 0 Å². The van der Waals surface area contributed by atoms with Gasteiger partial charge in [-0.1, -0.05) is 158 Å². The lowest BCUT2D eigenvalue weighted by atomic mass is 9.90. The van der Waals surface area contributed by atoms with E-state index in [9.17, 15) is 0 Å². The van der Waals surface area contributed by atoms with E-state index in [1.54, 1.807) is 0 Å². The Hall–Kier alpha value is -8.47. The summed E-state index contributed by atoms with van der Waals surface area (Å²) in [5.74, 6) is 0.602. The molecule has 0 aliphatic carbocycles. The number of hydrogen-bond acceptors (Lipinski definition) is 4. The van der Waals surface area contributed by atoms with Crippen molar-refractivity contribution in [1.29, 1.82) is 0 Å². The van der Waals surface area contributed by atoms with Gasteiger partial charge in [0.2, 0.25) is 5.89 Å². The molecule has 63 heavy (non-hydrogen) atoms. The predicted molar refractivity (Wildman–Crippen MR) is 261 cm³/mol. The first-order valence-corrected chi connectivity index (χ1v) is 21.3. The fraction of sp³-hybridized carbons (Fsp3) is 0. The fourth-order valence-electron chi connectivity index (χ4n) is 9.01. The zero-order valence-electron chi connectivity index (χ0n) is 34.2. The number of hydrogen-bond donors (Lipinski definition) is 0. The van der Waals surface area contributed by atoms with E-state index in [-0.39, 0.29) is 0 Å². The van der Waals surface area contributed by atoms with Crippen molar-refractivity contribution in [2.45, 2.75) is 0 Å². The average molecular weight is 807 g/mol. The fourth-order valence-corrected chi connectivity index (χ4v) is 9.01. The van der Waals surface area contributed by atoms with Gasteiger partial charge in [-0.25, -0.2) is 4.98 Å². The Morgan fingerprint density at radius 2 is 0.905 bits per heavy atom. The molecule has 0 bridgehead atoms. The van der Waals surface area contributed by atoms with E-state index in [0.29, 0.717) is 5.89 Å². The van der Waals surface area contributed by atoms with E-state index < -0.39 is 0 Å². The Kier molecular flexibility index (Phi) is 8.79. The standard InChI is InChI=1S/C59H38N2O2/c1-4-14-39(15-5-1)44-22-12-23-47(34-44)61(48-31-33-51(53(36-48)42-16-6-2-7-17-42)50-25-13-21-41-18-10-11-24-49(41)50)46-29-26-40(27-30-46)45-28-32-52-54-37-58-55(38-57(54)62-56(52)35-45)60-59(63-58)43-19-8-3-9-20-43/h1-38H. The quantitative estimate of drug-likeness (QED) is 0.153. The maximum Gasteiger partial charge on any atom is 0.227 e. The summed E-state index contributed by atoms with van der Waals surface area (Å²) in [4.78, 5) is 7.14. The first-order chi connectivity index (χ1) is 31.2. The van der Waals surface area contributed by atoms with Crippen LogP contribution in [0.3, 0.4) is 0 Å². The van der Waals surface area contributed by atoms with Crippen molar-refractivity contribution in [1.82, 2.24) is 4.98 Å². The first-order valence-electron chi connectivity index (χ1n) is 21.3. The van der Waals surface area contributed by atoms with Crippen LogP contribution in [0.5, 0.6) is 0 Å². The molecular weight excluding hydrogens is 769 g/mol. The van der Waals surface area contributed by atoms with Crippen LogP contribution in [0.1, 0.15) is 0 Å². The number of nitrogens with zero attached hydrogens (tertiary/aromatic N) is 2. The van der Waals surface area contributed by atoms with Crippen LogP contribution in [0.25, 0.3) is 99.8 Å². The molecule has 296 valence electrons. The zero-order valence-corrected chi connectivity index (χ0v) is 34.2. The van der Waals surface area contributed by atoms with Gasteiger partial charge < -0.3 is 13.7 Å². The molecule has 0 aliphatic rings. The molecule has 0 amide bonds. The lowest BCUT2D eigenvalue weighted by Gasteiger charge is -2.27. The predicted octanol–water partition coefficient (Wildman–Crippen LogP) is 16.7. The molecule has 2 heterocycles. The Balaban J connectivity index is 0.954. The van der Waals surface area contributed by atoms with Gasteiger partial charge in [0.1, 0.15) is 16.7 Å². The third-order valence-electron chi connectivity index (χ3n) is 12.1. The molecule has 0 atom stereocenters. The summed E-state index contributed by atoms with van der Waals surface area (Å²) in [5.41, 5.74) is 16.5. The lowest BCUT2D eigenvalue weighted by Crippen LogP contribution is -2.10. The third kappa shape index (κ3) is 6.62. The van der Waals surface area contributed by atoms with E-state index in [1.807, 2.05) is 42.5 Å². The summed E-state index contributed by atoms with van der Waals surface area (Å²) >= 11 is 0. The molecule has 0 saturated carbocycles. The molecule has 4 heteroatoms. The number of fused-ring (bicyclic) bond motifs is 5. The van der Waals surface area contributed by atoms with Crippen LogP contribution in [0.4, 0.5) is 17.1 Å². The molecule has 10 aromatic carbocycles. The number of anilines is 3. The molecule has 0 spiro atoms. The molecule has 12 aromatic rings. The monoisotopic (exact) mass is 806 g/mol. The van der Waals surface area contributed by atoms with Crippen molar-refractivity contribution in [3.63, 3.8) is 0 Å². The normalized spacial score (nSPS) is 11.5. The summed E-state index contributed by atoms with van der Waals surface area (Å²) < 4.78 is 12.7. The van der Waals surface area contributed by atoms with Crippen molar-refractivity contribution >= 4 is 60.9 Å². The molecule has 0 radical (unpaired) electrons. The van der Waals surface area contributed by atoms with Crippen LogP contribution < -0.4 is 4.90 Å². The van der Waals surface area contributed by atoms with E-state index in [2.05, 4.69) is 193 Å². The molecule has 0 N–H and O–H groups in total. The van der Waals surface area contributed by atoms with Gasteiger partial charge in [-0.2, -0.15) is 0 Å². The summed E-state index contributed by atoms with van der Waals surface area (Å²) in [7, 11) is 0. The summed E-state index contributed by atoms with van der Waals surface area (Å²) in [6, 6.07) is 81.6. The molecule has 0 saturated heterocycles. The van der Waals surface area contributed by atoms with Gasteiger partial charge in [-0.3, -0.25) is 0 Å². The van der Waals surface area contributed by atoms with Crippen LogP contribution >= 0.6 is 0 Å². The van der Waals surface area contributed by atoms with Gasteiger partial charge >= 0.3 is 0 Å². The van der Waals surface area contributed by atoms with Crippen molar-refractivity contribution in [2.75, 3.05) is 4.90 Å². The van der Waals surface area contributed by atoms with Gasteiger partial charge in [0.25, 0.3) is 0 Å². The van der Waals surface area contributed by atoms with Gasteiger partial charge in [0.05, 0.1) is 0 Å². The van der Waals surface area contributed by atoms with Gasteiger partial charge in [0, 0.05) is 39.5 Å². The Morgan fingerprint density at radius 3 is 1.71 bits per heavy atom. The van der Waals surface area contributed by atoms with Crippen molar-refractivity contribution in [3.05, 3.63) is 231 Å². The number of oxazole rings is 1. The first kappa shape index (κ1) is 36.4. The second kappa shape index (κ2) is 15.2. The van der Waals surface area contributed by atoms with E-state index in [1.165, 1.54) is 38.6 Å². The molecule has 0 fully saturated rings. The highest BCUT2D eigenvalue weighted by Crippen LogP contribution is 2.44. The van der Waals surface area contributed by atoms with Crippen molar-refractivity contribution < 1.29 is 8.83 Å². The highest BCUT2D eigenvalue weighted by molar-refractivity contribution is 6.10. The Labute approximate surface area is 364 Å². The van der Waals surface area contributed by atoms with Crippen LogP contribution in [-0.2, 0) is 0 Å². The van der Waals surface area contributed by atoms with E-state index >= 15 is 0 Å². The minimum atomic E-state index is 0.602. The summed E-state index contributed by atoms with van der Waals surface area (Å²) in [6.45, 7) is 0. The van der Waals surface area contributed by atoms with Crippen molar-refractivity contribution in [2.24, 2.45) is 0 Å². The zero-order chi connectivity index (χ0) is 41.7. The smallest absolute Gasteiger partial charge is 0.227 e. The number of aromatic nitrogens is 1. The lowest BCUT2D eigenvalue weighted by molar-refractivity contribution is 0.620. The molecule has 0 unspecified atom stereocenters. The number of rotatable bonds is 8. The number of furan rings is 1. The maximum absolute atomic E-state index is 6.49. The Bertz CT molecular complexity index is 3600. The van der Waals surface area contributed by atoms with Gasteiger partial charge in [0.15, 0.2) is 5.58 Å². The second-order valence-electron chi connectivity index (χ2n) is 15.9. The highest BCUT2D eigenvalue weighted by Gasteiger charge is 2.19. The average Bonchev–Trinajstić information content (AvgIpc) is 3.94. The third-order valence-corrected chi connectivity index (χ3v) is 12.1. The minimum Gasteiger partial charge on any atom is -0.456 e. The Morgan fingerprint density at radius 1 is 0.302 bits per heavy atom.